The molecule has 134 valence electrons. The van der Waals surface area contributed by atoms with Gasteiger partial charge in [-0.15, -0.1) is 0 Å². The Balaban J connectivity index is 1.71. The smallest absolute Gasteiger partial charge is 0.269 e. The van der Waals surface area contributed by atoms with Crippen LogP contribution in [0.3, 0.4) is 0 Å². The van der Waals surface area contributed by atoms with Gasteiger partial charge in [-0.25, -0.2) is 4.39 Å². The summed E-state index contributed by atoms with van der Waals surface area (Å²) in [4.78, 5) is 37.0. The normalized spacial score (nSPS) is 17.0. The Bertz CT molecular complexity index is 834. The van der Waals surface area contributed by atoms with Crippen LogP contribution in [-0.4, -0.2) is 34.6 Å². The number of nitrogens with zero attached hydrogens (tertiary/aromatic N) is 2. The zero-order valence-electron chi connectivity index (χ0n) is 13.9. The highest BCUT2D eigenvalue weighted by molar-refractivity contribution is 5.99. The maximum absolute atomic E-state index is 13.0. The van der Waals surface area contributed by atoms with E-state index in [1.165, 1.54) is 48.5 Å². The number of rotatable bonds is 4. The van der Waals surface area contributed by atoms with Crippen molar-refractivity contribution >= 4 is 17.4 Å². The average molecular weight is 356 g/mol. The minimum absolute atomic E-state index is 0.0791. The molecule has 0 aromatic heterocycles. The Hall–Kier alpha value is -3.09. The van der Waals surface area contributed by atoms with Gasteiger partial charge < -0.3 is 4.90 Å². The fourth-order valence-electron chi connectivity index (χ4n) is 3.13. The van der Waals surface area contributed by atoms with E-state index in [0.29, 0.717) is 30.5 Å². The minimum Gasteiger partial charge on any atom is -0.338 e. The summed E-state index contributed by atoms with van der Waals surface area (Å²) in [5, 5.41) is 10.7. The Morgan fingerprint density at radius 2 is 1.65 bits per heavy atom. The lowest BCUT2D eigenvalue weighted by molar-refractivity contribution is -0.384. The molecular formula is C19H17FN2O4. The molecule has 1 aliphatic heterocycles. The first-order valence-electron chi connectivity index (χ1n) is 8.29. The van der Waals surface area contributed by atoms with Gasteiger partial charge in [0.2, 0.25) is 0 Å². The molecule has 0 N–H and O–H groups in total. The number of hydrogen-bond donors (Lipinski definition) is 0. The van der Waals surface area contributed by atoms with Crippen LogP contribution in [0.15, 0.2) is 48.5 Å². The largest absolute Gasteiger partial charge is 0.338 e. The quantitative estimate of drug-likeness (QED) is 0.477. The predicted molar refractivity (Wildman–Crippen MR) is 92.5 cm³/mol. The first-order valence-corrected chi connectivity index (χ1v) is 8.29. The molecule has 0 saturated carbocycles. The molecule has 2 aromatic carbocycles. The Labute approximate surface area is 149 Å². The fourth-order valence-corrected chi connectivity index (χ4v) is 3.13. The monoisotopic (exact) mass is 356 g/mol. The lowest BCUT2D eigenvalue weighted by Gasteiger charge is -2.32. The average Bonchev–Trinajstić information content (AvgIpc) is 2.67. The van der Waals surface area contributed by atoms with Crippen LogP contribution in [0, 0.1) is 21.8 Å². The zero-order chi connectivity index (χ0) is 18.7. The number of nitro groups is 1. The van der Waals surface area contributed by atoms with E-state index in [9.17, 15) is 24.1 Å². The maximum atomic E-state index is 13.0. The van der Waals surface area contributed by atoms with Crippen molar-refractivity contribution in [1.29, 1.82) is 0 Å². The number of halogens is 1. The molecule has 6 nitrogen and oxygen atoms in total. The second kappa shape index (κ2) is 7.43. The summed E-state index contributed by atoms with van der Waals surface area (Å²) in [5.74, 6) is -1.10. The molecule has 1 amide bonds. The van der Waals surface area contributed by atoms with Crippen molar-refractivity contribution in [2.45, 2.75) is 12.8 Å². The number of non-ortho nitro benzene ring substituents is 1. The molecule has 1 fully saturated rings. The summed E-state index contributed by atoms with van der Waals surface area (Å²) in [7, 11) is 0. The molecular weight excluding hydrogens is 339 g/mol. The molecule has 2 aromatic rings. The van der Waals surface area contributed by atoms with Crippen molar-refractivity contribution in [1.82, 2.24) is 4.90 Å². The van der Waals surface area contributed by atoms with Crippen LogP contribution in [0.25, 0.3) is 0 Å². The van der Waals surface area contributed by atoms with E-state index >= 15 is 0 Å². The molecule has 1 aliphatic rings. The van der Waals surface area contributed by atoms with E-state index in [0.717, 1.165) is 0 Å². The first-order chi connectivity index (χ1) is 12.5. The topological polar surface area (TPSA) is 80.5 Å². The number of benzene rings is 2. The summed E-state index contributed by atoms with van der Waals surface area (Å²) in [6.45, 7) is 0.815. The van der Waals surface area contributed by atoms with Gasteiger partial charge in [0.15, 0.2) is 5.78 Å². The third-order valence-electron chi connectivity index (χ3n) is 4.53. The van der Waals surface area contributed by atoms with Gasteiger partial charge in [0.05, 0.1) is 4.92 Å². The maximum Gasteiger partial charge on any atom is 0.269 e. The van der Waals surface area contributed by atoms with E-state index in [-0.39, 0.29) is 29.8 Å². The van der Waals surface area contributed by atoms with Crippen LogP contribution in [0.5, 0.6) is 0 Å². The molecule has 1 atom stereocenters. The second-order valence-electron chi connectivity index (χ2n) is 6.27. The summed E-state index contributed by atoms with van der Waals surface area (Å²) in [5.41, 5.74) is 0.705. The van der Waals surface area contributed by atoms with Crippen LogP contribution in [-0.2, 0) is 0 Å². The van der Waals surface area contributed by atoms with Crippen LogP contribution in [0.4, 0.5) is 10.1 Å². The van der Waals surface area contributed by atoms with Gasteiger partial charge in [-0.3, -0.25) is 19.7 Å². The predicted octanol–water partition coefficient (Wildman–Crippen LogP) is 3.47. The van der Waals surface area contributed by atoms with E-state index in [4.69, 9.17) is 0 Å². The van der Waals surface area contributed by atoms with Crippen LogP contribution < -0.4 is 0 Å². The highest BCUT2D eigenvalue weighted by atomic mass is 19.1. The third kappa shape index (κ3) is 3.77. The van der Waals surface area contributed by atoms with E-state index in [2.05, 4.69) is 0 Å². The minimum atomic E-state index is -0.521. The van der Waals surface area contributed by atoms with Crippen molar-refractivity contribution in [3.63, 3.8) is 0 Å². The number of Topliss-reactive ketones (excluding diaryl/α,β-unsaturated/α-hetero) is 1. The van der Waals surface area contributed by atoms with Crippen LogP contribution in [0.1, 0.15) is 33.6 Å². The molecule has 1 heterocycles. The SMILES string of the molecule is O=C(c1ccc(F)cc1)C1CCCN(C(=O)c2ccc([N+](=O)[O-])cc2)C1. The van der Waals surface area contributed by atoms with Crippen molar-refractivity contribution < 1.29 is 18.9 Å². The number of nitro benzene ring substituents is 1. The standard InChI is InChI=1S/C19H17FN2O4/c20-16-7-3-13(4-8-16)18(23)15-2-1-11-21(12-15)19(24)14-5-9-17(10-6-14)22(25)26/h3-10,15H,1-2,11-12H2. The molecule has 0 spiro atoms. The van der Waals surface area contributed by atoms with Crippen LogP contribution in [0.2, 0.25) is 0 Å². The third-order valence-corrected chi connectivity index (χ3v) is 4.53. The van der Waals surface area contributed by atoms with Crippen molar-refractivity contribution in [2.75, 3.05) is 13.1 Å². The van der Waals surface area contributed by atoms with Crippen molar-refractivity contribution in [2.24, 2.45) is 5.92 Å². The van der Waals surface area contributed by atoms with Gasteiger partial charge in [-0.2, -0.15) is 0 Å². The van der Waals surface area contributed by atoms with Gasteiger partial charge in [0.1, 0.15) is 5.82 Å². The van der Waals surface area contributed by atoms with Gasteiger partial charge in [0.25, 0.3) is 11.6 Å². The number of ketones is 1. The van der Waals surface area contributed by atoms with Crippen molar-refractivity contribution in [3.8, 4) is 0 Å². The van der Waals surface area contributed by atoms with Gasteiger partial charge >= 0.3 is 0 Å². The summed E-state index contributed by atoms with van der Waals surface area (Å²) in [6.07, 6.45) is 1.36. The fraction of sp³-hybridized carbons (Fsp3) is 0.263. The van der Waals surface area contributed by atoms with Crippen LogP contribution >= 0.6 is 0 Å². The molecule has 7 heteroatoms. The number of hydrogen-bond acceptors (Lipinski definition) is 4. The number of amides is 1. The molecule has 0 aliphatic carbocycles. The summed E-state index contributed by atoms with van der Waals surface area (Å²) < 4.78 is 13.0. The zero-order valence-corrected chi connectivity index (χ0v) is 13.9. The van der Waals surface area contributed by atoms with E-state index in [1.54, 1.807) is 4.90 Å². The van der Waals surface area contributed by atoms with Crippen molar-refractivity contribution in [3.05, 3.63) is 75.6 Å². The van der Waals surface area contributed by atoms with E-state index in [1.807, 2.05) is 0 Å². The van der Waals surface area contributed by atoms with Gasteiger partial charge in [-0.1, -0.05) is 0 Å². The molecule has 26 heavy (non-hydrogen) atoms. The van der Waals surface area contributed by atoms with Gasteiger partial charge in [-0.05, 0) is 49.2 Å². The highest BCUT2D eigenvalue weighted by Gasteiger charge is 2.29. The molecule has 0 radical (unpaired) electrons. The summed E-state index contributed by atoms with van der Waals surface area (Å²) in [6, 6.07) is 10.8. The Kier molecular flexibility index (Phi) is 5.06. The number of likely N-dealkylation sites (tertiary alicyclic amines) is 1. The highest BCUT2D eigenvalue weighted by Crippen LogP contribution is 2.23. The molecule has 1 saturated heterocycles. The Morgan fingerprint density at radius 1 is 1.04 bits per heavy atom. The van der Waals surface area contributed by atoms with E-state index < -0.39 is 10.7 Å². The molecule has 1 unspecified atom stereocenters. The summed E-state index contributed by atoms with van der Waals surface area (Å²) >= 11 is 0. The second-order valence-corrected chi connectivity index (χ2v) is 6.27. The number of carbonyl (C=O) groups is 2. The number of piperidine rings is 1. The lowest BCUT2D eigenvalue weighted by Crippen LogP contribution is -2.42. The first kappa shape index (κ1) is 17.7. The van der Waals surface area contributed by atoms with Gasteiger partial charge in [0, 0.05) is 42.3 Å². The number of carbonyl (C=O) groups excluding carboxylic acids is 2. The lowest BCUT2D eigenvalue weighted by atomic mass is 9.89. The molecule has 0 bridgehead atoms. The molecule has 3 rings (SSSR count). The Morgan fingerprint density at radius 3 is 2.27 bits per heavy atom.